The van der Waals surface area contributed by atoms with E-state index in [1.807, 2.05) is 0 Å². The molecule has 1 aliphatic heterocycles. The second kappa shape index (κ2) is 4.40. The highest BCUT2D eigenvalue weighted by atomic mass is 16.7. The second-order valence-corrected chi connectivity index (χ2v) is 3.22. The highest BCUT2D eigenvalue weighted by Gasteiger charge is 2.30. The van der Waals surface area contributed by atoms with Gasteiger partial charge in [-0.2, -0.15) is 0 Å². The first-order chi connectivity index (χ1) is 8.22. The Labute approximate surface area is 98.0 Å². The van der Waals surface area contributed by atoms with Crippen LogP contribution in [0.3, 0.4) is 0 Å². The third-order valence-corrected chi connectivity index (χ3v) is 2.39. The van der Waals surface area contributed by atoms with Crippen molar-refractivity contribution in [2.45, 2.75) is 0 Å². The van der Waals surface area contributed by atoms with Crippen LogP contribution < -0.4 is 18.9 Å². The van der Waals surface area contributed by atoms with Crippen molar-refractivity contribution in [2.24, 2.45) is 0 Å². The first-order valence-corrected chi connectivity index (χ1v) is 4.85. The van der Waals surface area contributed by atoms with Crippen LogP contribution >= 0.6 is 0 Å². The van der Waals surface area contributed by atoms with Crippen LogP contribution in [0.4, 0.5) is 0 Å². The van der Waals surface area contributed by atoms with E-state index in [1.54, 1.807) is 0 Å². The number of esters is 1. The maximum absolute atomic E-state index is 11.6. The fraction of sp³-hybridized carbons (Fsp3) is 0.364. The summed E-state index contributed by atoms with van der Waals surface area (Å²) in [5, 5.41) is 0. The normalized spacial score (nSPS) is 12.2. The zero-order chi connectivity index (χ0) is 12.4. The zero-order valence-corrected chi connectivity index (χ0v) is 9.73. The topological polar surface area (TPSA) is 63.2 Å². The minimum Gasteiger partial charge on any atom is -0.493 e. The SMILES string of the molecule is COC(=O)c1cc(OC)c(OC)c2c1OCO2. The maximum atomic E-state index is 11.6. The van der Waals surface area contributed by atoms with Crippen LogP contribution in [0.1, 0.15) is 10.4 Å². The first-order valence-electron chi connectivity index (χ1n) is 4.85. The molecule has 1 heterocycles. The van der Waals surface area contributed by atoms with E-state index >= 15 is 0 Å². The van der Waals surface area contributed by atoms with Crippen LogP contribution in [0, 0.1) is 0 Å². The van der Waals surface area contributed by atoms with E-state index in [4.69, 9.17) is 18.9 Å². The summed E-state index contributed by atoms with van der Waals surface area (Å²) in [5.74, 6) is 0.930. The second-order valence-electron chi connectivity index (χ2n) is 3.22. The zero-order valence-electron chi connectivity index (χ0n) is 9.73. The van der Waals surface area contributed by atoms with Crippen molar-refractivity contribution in [3.05, 3.63) is 11.6 Å². The molecule has 0 N–H and O–H groups in total. The van der Waals surface area contributed by atoms with Crippen molar-refractivity contribution in [1.82, 2.24) is 0 Å². The molecule has 6 heteroatoms. The maximum Gasteiger partial charge on any atom is 0.341 e. The Morgan fingerprint density at radius 2 is 1.88 bits per heavy atom. The number of fused-ring (bicyclic) bond motifs is 1. The van der Waals surface area contributed by atoms with E-state index < -0.39 is 5.97 Å². The third-order valence-electron chi connectivity index (χ3n) is 2.39. The predicted molar refractivity (Wildman–Crippen MR) is 57.0 cm³/mol. The fourth-order valence-electron chi connectivity index (χ4n) is 1.63. The van der Waals surface area contributed by atoms with Gasteiger partial charge in [-0.25, -0.2) is 4.79 Å². The molecule has 0 unspecified atom stereocenters. The molecule has 17 heavy (non-hydrogen) atoms. The standard InChI is InChI=1S/C11H12O6/c1-13-7-4-6(11(12)15-3)8-10(9(7)14-2)17-5-16-8/h4H,5H2,1-3H3. The van der Waals surface area contributed by atoms with Gasteiger partial charge in [0.15, 0.2) is 11.5 Å². The predicted octanol–water partition coefficient (Wildman–Crippen LogP) is 1.22. The number of rotatable bonds is 3. The molecule has 1 aromatic rings. The van der Waals surface area contributed by atoms with E-state index in [0.717, 1.165) is 0 Å². The van der Waals surface area contributed by atoms with Gasteiger partial charge in [-0.3, -0.25) is 0 Å². The minimum atomic E-state index is -0.521. The van der Waals surface area contributed by atoms with E-state index in [1.165, 1.54) is 27.4 Å². The molecule has 92 valence electrons. The number of ether oxygens (including phenoxy) is 5. The Kier molecular flexibility index (Phi) is 2.95. The largest absolute Gasteiger partial charge is 0.493 e. The number of carbonyl (C=O) groups is 1. The molecular formula is C11H12O6. The molecule has 0 amide bonds. The Bertz CT molecular complexity index is 454. The molecule has 0 saturated heterocycles. The lowest BCUT2D eigenvalue weighted by Crippen LogP contribution is -2.04. The molecule has 0 bridgehead atoms. The van der Waals surface area contributed by atoms with Gasteiger partial charge >= 0.3 is 5.97 Å². The minimum absolute atomic E-state index is 0.0306. The van der Waals surface area contributed by atoms with Gasteiger partial charge in [0.2, 0.25) is 18.3 Å². The Balaban J connectivity index is 2.63. The molecule has 2 rings (SSSR count). The quantitative estimate of drug-likeness (QED) is 0.740. The molecule has 1 aromatic carbocycles. The van der Waals surface area contributed by atoms with Crippen molar-refractivity contribution in [3.8, 4) is 23.0 Å². The smallest absolute Gasteiger partial charge is 0.341 e. The van der Waals surface area contributed by atoms with Crippen molar-refractivity contribution in [2.75, 3.05) is 28.1 Å². The molecule has 0 radical (unpaired) electrons. The molecule has 6 nitrogen and oxygen atoms in total. The van der Waals surface area contributed by atoms with Gasteiger partial charge in [-0.1, -0.05) is 0 Å². The highest BCUT2D eigenvalue weighted by molar-refractivity contribution is 5.95. The summed E-state index contributed by atoms with van der Waals surface area (Å²) in [7, 11) is 4.25. The Morgan fingerprint density at radius 1 is 1.18 bits per heavy atom. The lowest BCUT2D eigenvalue weighted by molar-refractivity contribution is 0.0595. The number of hydrogen-bond donors (Lipinski definition) is 0. The highest BCUT2D eigenvalue weighted by Crippen LogP contribution is 2.49. The van der Waals surface area contributed by atoms with Crippen molar-refractivity contribution < 1.29 is 28.5 Å². The number of methoxy groups -OCH3 is 3. The van der Waals surface area contributed by atoms with Crippen LogP contribution in [0.5, 0.6) is 23.0 Å². The third kappa shape index (κ3) is 1.71. The average molecular weight is 240 g/mol. The summed E-state index contributed by atoms with van der Waals surface area (Å²) in [6, 6.07) is 1.50. The van der Waals surface area contributed by atoms with Crippen molar-refractivity contribution in [3.63, 3.8) is 0 Å². The summed E-state index contributed by atoms with van der Waals surface area (Å²) in [4.78, 5) is 11.6. The lowest BCUT2D eigenvalue weighted by Gasteiger charge is -2.12. The van der Waals surface area contributed by atoms with Crippen molar-refractivity contribution >= 4 is 5.97 Å². The number of hydrogen-bond acceptors (Lipinski definition) is 6. The molecule has 0 aliphatic carbocycles. The molecule has 1 aliphatic rings. The summed E-state index contributed by atoms with van der Waals surface area (Å²) in [6.07, 6.45) is 0. The van der Waals surface area contributed by atoms with E-state index in [-0.39, 0.29) is 12.4 Å². The van der Waals surface area contributed by atoms with Crippen LogP contribution in [0.15, 0.2) is 6.07 Å². The van der Waals surface area contributed by atoms with Crippen molar-refractivity contribution in [1.29, 1.82) is 0 Å². The van der Waals surface area contributed by atoms with Gasteiger partial charge in [-0.15, -0.1) is 0 Å². The van der Waals surface area contributed by atoms with Gasteiger partial charge in [0.1, 0.15) is 5.56 Å². The average Bonchev–Trinajstić information content (AvgIpc) is 2.84. The Hall–Kier alpha value is -2.11. The van der Waals surface area contributed by atoms with Crippen LogP contribution in [0.25, 0.3) is 0 Å². The van der Waals surface area contributed by atoms with Gasteiger partial charge < -0.3 is 23.7 Å². The molecule has 0 fully saturated rings. The first kappa shape index (κ1) is 11.4. The summed E-state index contributed by atoms with van der Waals surface area (Å²) >= 11 is 0. The molecule has 0 aromatic heterocycles. The lowest BCUT2D eigenvalue weighted by atomic mass is 10.1. The fourth-order valence-corrected chi connectivity index (χ4v) is 1.63. The van der Waals surface area contributed by atoms with Gasteiger partial charge in [-0.05, 0) is 0 Å². The van der Waals surface area contributed by atoms with E-state index in [0.29, 0.717) is 23.0 Å². The van der Waals surface area contributed by atoms with E-state index in [9.17, 15) is 4.79 Å². The number of carbonyl (C=O) groups excluding carboxylic acids is 1. The number of benzene rings is 1. The van der Waals surface area contributed by atoms with Crippen LogP contribution in [-0.2, 0) is 4.74 Å². The van der Waals surface area contributed by atoms with Gasteiger partial charge in [0, 0.05) is 6.07 Å². The van der Waals surface area contributed by atoms with Crippen LogP contribution in [-0.4, -0.2) is 34.1 Å². The van der Waals surface area contributed by atoms with E-state index in [2.05, 4.69) is 4.74 Å². The van der Waals surface area contributed by atoms with Crippen LogP contribution in [0.2, 0.25) is 0 Å². The van der Waals surface area contributed by atoms with Gasteiger partial charge in [0.25, 0.3) is 0 Å². The Morgan fingerprint density at radius 3 is 2.47 bits per heavy atom. The summed E-state index contributed by atoms with van der Waals surface area (Å²) in [5.41, 5.74) is 0.248. The molecule has 0 spiro atoms. The monoisotopic (exact) mass is 240 g/mol. The molecule has 0 saturated carbocycles. The summed E-state index contributed by atoms with van der Waals surface area (Å²) in [6.45, 7) is 0.0306. The molecular weight excluding hydrogens is 228 g/mol. The van der Waals surface area contributed by atoms with Gasteiger partial charge in [0.05, 0.1) is 21.3 Å². The summed E-state index contributed by atoms with van der Waals surface area (Å²) < 4.78 is 25.5. The molecule has 0 atom stereocenters.